The number of imidazole rings is 1. The monoisotopic (exact) mass is 324 g/mol. The summed E-state index contributed by atoms with van der Waals surface area (Å²) >= 11 is 0. The van der Waals surface area contributed by atoms with E-state index < -0.39 is 11.7 Å². The zero-order chi connectivity index (χ0) is 16.7. The molecule has 9 nitrogen and oxygen atoms in total. The summed E-state index contributed by atoms with van der Waals surface area (Å²) in [5.74, 6) is -0.0234. The minimum atomic E-state index is -0.472. The minimum Gasteiger partial charge on any atom is -0.444 e. The number of aromatic amines is 1. The molecular formula is C15H12N6O3. The molecule has 0 amide bonds. The Bertz CT molecular complexity index is 1120. The summed E-state index contributed by atoms with van der Waals surface area (Å²) in [4.78, 5) is 34.3. The maximum absolute atomic E-state index is 12.0. The topological polar surface area (TPSA) is 107 Å². The van der Waals surface area contributed by atoms with Crippen molar-refractivity contribution >= 4 is 22.6 Å². The molecule has 0 unspecified atom stereocenters. The molecule has 0 aromatic carbocycles. The summed E-state index contributed by atoms with van der Waals surface area (Å²) in [5.41, 5.74) is 2.02. The number of pyridine rings is 1. The number of rotatable bonds is 3. The number of esters is 1. The lowest BCUT2D eigenvalue weighted by Crippen LogP contribution is -2.19. The normalized spacial score (nSPS) is 11.2. The molecule has 4 heterocycles. The quantitative estimate of drug-likeness (QED) is 0.562. The van der Waals surface area contributed by atoms with Gasteiger partial charge in [0.1, 0.15) is 5.52 Å². The van der Waals surface area contributed by atoms with Crippen molar-refractivity contribution in [1.29, 1.82) is 0 Å². The van der Waals surface area contributed by atoms with Gasteiger partial charge in [0.25, 0.3) is 0 Å². The van der Waals surface area contributed by atoms with Gasteiger partial charge in [-0.25, -0.2) is 19.3 Å². The number of aromatic nitrogens is 6. The van der Waals surface area contributed by atoms with E-state index in [0.717, 1.165) is 11.1 Å². The highest BCUT2D eigenvalue weighted by Gasteiger charge is 2.14. The molecule has 0 aliphatic carbocycles. The molecule has 0 atom stereocenters. The maximum atomic E-state index is 12.0. The van der Waals surface area contributed by atoms with Crippen LogP contribution in [0.2, 0.25) is 0 Å². The van der Waals surface area contributed by atoms with Crippen LogP contribution >= 0.6 is 0 Å². The third kappa shape index (κ3) is 2.22. The molecule has 24 heavy (non-hydrogen) atoms. The molecule has 0 aliphatic rings. The molecule has 0 saturated heterocycles. The Kier molecular flexibility index (Phi) is 3.12. The summed E-state index contributed by atoms with van der Waals surface area (Å²) in [6, 6.07) is 5.68. The Morgan fingerprint density at radius 1 is 1.29 bits per heavy atom. The van der Waals surface area contributed by atoms with E-state index in [-0.39, 0.29) is 6.73 Å². The van der Waals surface area contributed by atoms with Gasteiger partial charge in [-0.2, -0.15) is 5.10 Å². The van der Waals surface area contributed by atoms with Crippen LogP contribution in [0.1, 0.15) is 6.92 Å². The van der Waals surface area contributed by atoms with Gasteiger partial charge < -0.3 is 4.74 Å². The molecule has 0 spiro atoms. The molecule has 0 saturated carbocycles. The molecule has 4 aromatic heterocycles. The van der Waals surface area contributed by atoms with E-state index in [1.54, 1.807) is 10.7 Å². The Morgan fingerprint density at radius 3 is 3.00 bits per heavy atom. The molecule has 0 radical (unpaired) electrons. The zero-order valence-electron chi connectivity index (χ0n) is 12.6. The van der Waals surface area contributed by atoms with E-state index in [2.05, 4.69) is 20.1 Å². The van der Waals surface area contributed by atoms with E-state index in [9.17, 15) is 9.59 Å². The van der Waals surface area contributed by atoms with Crippen LogP contribution < -0.4 is 5.69 Å². The fourth-order valence-electron chi connectivity index (χ4n) is 2.46. The van der Waals surface area contributed by atoms with Crippen LogP contribution in [0.4, 0.5) is 0 Å². The van der Waals surface area contributed by atoms with Gasteiger partial charge in [0.2, 0.25) is 0 Å². The van der Waals surface area contributed by atoms with E-state index in [4.69, 9.17) is 4.74 Å². The van der Waals surface area contributed by atoms with Crippen molar-refractivity contribution in [1.82, 2.24) is 29.1 Å². The number of fused-ring (bicyclic) bond motifs is 2. The van der Waals surface area contributed by atoms with Crippen molar-refractivity contribution in [3.63, 3.8) is 0 Å². The van der Waals surface area contributed by atoms with Crippen molar-refractivity contribution in [2.24, 2.45) is 0 Å². The number of hydrogen-bond donors (Lipinski definition) is 1. The van der Waals surface area contributed by atoms with Gasteiger partial charge in [-0.05, 0) is 12.1 Å². The van der Waals surface area contributed by atoms with Gasteiger partial charge in [0, 0.05) is 13.1 Å². The molecule has 0 aliphatic heterocycles. The number of carbonyl (C=O) groups is 1. The van der Waals surface area contributed by atoms with Gasteiger partial charge in [-0.15, -0.1) is 0 Å². The second-order valence-corrected chi connectivity index (χ2v) is 5.14. The van der Waals surface area contributed by atoms with Gasteiger partial charge >= 0.3 is 11.7 Å². The average Bonchev–Trinajstić information content (AvgIpc) is 3.12. The summed E-state index contributed by atoms with van der Waals surface area (Å²) in [5, 5.41) is 4.25. The van der Waals surface area contributed by atoms with E-state index >= 15 is 0 Å². The van der Waals surface area contributed by atoms with Gasteiger partial charge in [0.15, 0.2) is 18.2 Å². The van der Waals surface area contributed by atoms with Crippen molar-refractivity contribution in [3.8, 4) is 11.4 Å². The van der Waals surface area contributed by atoms with E-state index in [0.29, 0.717) is 17.0 Å². The molecule has 4 rings (SSSR count). The Balaban J connectivity index is 1.82. The van der Waals surface area contributed by atoms with Gasteiger partial charge in [-0.3, -0.25) is 14.3 Å². The second-order valence-electron chi connectivity index (χ2n) is 5.14. The Labute approximate surface area is 134 Å². The fourth-order valence-corrected chi connectivity index (χ4v) is 2.46. The molecule has 0 fully saturated rings. The highest BCUT2D eigenvalue weighted by atomic mass is 16.5. The highest BCUT2D eigenvalue weighted by Crippen LogP contribution is 2.21. The average molecular weight is 324 g/mol. The second kappa shape index (κ2) is 5.30. The van der Waals surface area contributed by atoms with Crippen LogP contribution in [0.5, 0.6) is 0 Å². The van der Waals surface area contributed by atoms with Gasteiger partial charge in [-0.1, -0.05) is 6.07 Å². The molecule has 9 heteroatoms. The predicted octanol–water partition coefficient (Wildman–Crippen LogP) is 0.955. The lowest BCUT2D eigenvalue weighted by Gasteiger charge is -2.03. The Hall–Kier alpha value is -3.49. The van der Waals surface area contributed by atoms with Crippen molar-refractivity contribution in [2.45, 2.75) is 13.7 Å². The standard InChI is InChI=1S/C15H12N6O3/c1-9(22)24-8-20-12-7-16-13(18-14(12)19-15(20)23)10-6-17-21-5-3-2-4-11(10)21/h2-7H,8H2,1H3,(H,16,18,19,23). The summed E-state index contributed by atoms with van der Waals surface area (Å²) < 4.78 is 7.85. The first-order valence-corrected chi connectivity index (χ1v) is 7.15. The molecule has 1 N–H and O–H groups in total. The largest absolute Gasteiger partial charge is 0.444 e. The fraction of sp³-hybridized carbons (Fsp3) is 0.133. The van der Waals surface area contributed by atoms with Crippen LogP contribution in [-0.2, 0) is 16.3 Å². The number of carbonyl (C=O) groups excluding carboxylic acids is 1. The van der Waals surface area contributed by atoms with Crippen LogP contribution in [0.3, 0.4) is 0 Å². The first kappa shape index (κ1) is 14.1. The van der Waals surface area contributed by atoms with E-state index in [1.807, 2.05) is 24.4 Å². The lowest BCUT2D eigenvalue weighted by atomic mass is 10.2. The van der Waals surface area contributed by atoms with Crippen molar-refractivity contribution in [2.75, 3.05) is 0 Å². The lowest BCUT2D eigenvalue weighted by molar-refractivity contribution is -0.144. The molecule has 0 bridgehead atoms. The Morgan fingerprint density at radius 2 is 2.17 bits per heavy atom. The van der Waals surface area contributed by atoms with Crippen LogP contribution in [0.15, 0.2) is 41.6 Å². The number of nitrogens with one attached hydrogen (secondary N) is 1. The number of H-pyrrole nitrogens is 1. The van der Waals surface area contributed by atoms with Crippen LogP contribution in [0.25, 0.3) is 28.1 Å². The van der Waals surface area contributed by atoms with Crippen molar-refractivity contribution in [3.05, 3.63) is 47.3 Å². The smallest absolute Gasteiger partial charge is 0.330 e. The third-order valence-corrected chi connectivity index (χ3v) is 3.60. The van der Waals surface area contributed by atoms with E-state index in [1.165, 1.54) is 17.7 Å². The maximum Gasteiger partial charge on any atom is 0.330 e. The number of hydrogen-bond acceptors (Lipinski definition) is 6. The highest BCUT2D eigenvalue weighted by molar-refractivity contribution is 5.79. The van der Waals surface area contributed by atoms with Crippen LogP contribution in [0, 0.1) is 0 Å². The minimum absolute atomic E-state index is 0.187. The first-order chi connectivity index (χ1) is 11.6. The zero-order valence-corrected chi connectivity index (χ0v) is 12.6. The first-order valence-electron chi connectivity index (χ1n) is 7.15. The van der Waals surface area contributed by atoms with Crippen molar-refractivity contribution < 1.29 is 9.53 Å². The van der Waals surface area contributed by atoms with Gasteiger partial charge in [0.05, 0.1) is 23.5 Å². The summed E-state index contributed by atoms with van der Waals surface area (Å²) in [6.45, 7) is 1.09. The predicted molar refractivity (Wildman–Crippen MR) is 84.1 cm³/mol. The number of ether oxygens (including phenoxy) is 1. The third-order valence-electron chi connectivity index (χ3n) is 3.60. The number of nitrogens with zero attached hydrogens (tertiary/aromatic N) is 5. The van der Waals surface area contributed by atoms with Crippen LogP contribution in [-0.4, -0.2) is 35.1 Å². The molecule has 4 aromatic rings. The molecule has 120 valence electrons. The SMILES string of the molecule is CC(=O)OCn1c(=O)[nH]c2nc(-c3cnn4ccccc34)ncc21. The summed E-state index contributed by atoms with van der Waals surface area (Å²) in [7, 11) is 0. The molecular weight excluding hydrogens is 312 g/mol. The summed E-state index contributed by atoms with van der Waals surface area (Å²) in [6.07, 6.45) is 5.02.